The Morgan fingerprint density at radius 3 is 3.00 bits per heavy atom. The van der Waals surface area contributed by atoms with Crippen LogP contribution in [0.25, 0.3) is 0 Å². The van der Waals surface area contributed by atoms with Crippen LogP contribution in [0.4, 0.5) is 5.69 Å². The molecule has 1 saturated heterocycles. The second-order valence-electron chi connectivity index (χ2n) is 5.24. The maximum absolute atomic E-state index is 12.7. The van der Waals surface area contributed by atoms with Gasteiger partial charge in [0.2, 0.25) is 0 Å². The Balaban J connectivity index is 1.81. The van der Waals surface area contributed by atoms with Gasteiger partial charge in [-0.1, -0.05) is 5.21 Å². The Hall–Kier alpha value is -2.22. The number of carbonyl (C=O) groups excluding carboxylic acids is 1. The average Bonchev–Trinajstić information content (AvgIpc) is 3.09. The third kappa shape index (κ3) is 2.66. The highest BCUT2D eigenvalue weighted by molar-refractivity contribution is 5.96. The van der Waals surface area contributed by atoms with E-state index >= 15 is 0 Å². The number of hydrogen-bond acceptors (Lipinski definition) is 5. The van der Waals surface area contributed by atoms with Crippen LogP contribution in [0.5, 0.6) is 0 Å². The van der Waals surface area contributed by atoms with E-state index in [1.54, 1.807) is 20.5 Å². The molecule has 1 amide bonds. The largest absolute Gasteiger partial charge is 0.314 e. The highest BCUT2D eigenvalue weighted by atomic mass is 16.2. The van der Waals surface area contributed by atoms with Gasteiger partial charge in [0.1, 0.15) is 6.04 Å². The molecule has 1 aliphatic heterocycles. The molecule has 1 N–H and O–H groups in total. The van der Waals surface area contributed by atoms with E-state index in [0.717, 1.165) is 30.8 Å². The van der Waals surface area contributed by atoms with Gasteiger partial charge in [0.15, 0.2) is 0 Å². The number of aromatic nitrogens is 5. The van der Waals surface area contributed by atoms with E-state index in [4.69, 9.17) is 0 Å². The Morgan fingerprint density at radius 1 is 1.43 bits per heavy atom. The number of nitrogens with one attached hydrogen (secondary N) is 1. The van der Waals surface area contributed by atoms with Crippen LogP contribution in [0, 0.1) is 0 Å². The van der Waals surface area contributed by atoms with E-state index < -0.39 is 0 Å². The van der Waals surface area contributed by atoms with E-state index in [-0.39, 0.29) is 11.9 Å². The fourth-order valence-electron chi connectivity index (χ4n) is 2.63. The third-order valence-corrected chi connectivity index (χ3v) is 3.65. The van der Waals surface area contributed by atoms with Gasteiger partial charge in [-0.2, -0.15) is 5.10 Å². The van der Waals surface area contributed by atoms with Gasteiger partial charge >= 0.3 is 0 Å². The number of hydrogen-bond donors (Lipinski definition) is 1. The first kappa shape index (κ1) is 13.7. The number of piperidine rings is 1. The molecular weight excluding hydrogens is 270 g/mol. The summed E-state index contributed by atoms with van der Waals surface area (Å²) in [4.78, 5) is 14.5. The molecule has 0 spiro atoms. The maximum atomic E-state index is 12.7. The lowest BCUT2D eigenvalue weighted by Crippen LogP contribution is -2.42. The van der Waals surface area contributed by atoms with Gasteiger partial charge in [-0.3, -0.25) is 9.48 Å². The molecule has 0 saturated carbocycles. The number of carbonyl (C=O) groups is 1. The molecule has 0 radical (unpaired) electrons. The summed E-state index contributed by atoms with van der Waals surface area (Å²) >= 11 is 0. The SMILES string of the molecule is CNCc1cn(C2CCCN(c3cnn(C)c3)C2=O)nn1. The van der Waals surface area contributed by atoms with Crippen molar-refractivity contribution in [1.29, 1.82) is 0 Å². The number of nitrogens with zero attached hydrogens (tertiary/aromatic N) is 6. The molecule has 3 heterocycles. The van der Waals surface area contributed by atoms with Crippen molar-refractivity contribution in [3.8, 4) is 0 Å². The van der Waals surface area contributed by atoms with Crippen molar-refractivity contribution in [3.05, 3.63) is 24.3 Å². The van der Waals surface area contributed by atoms with Crippen molar-refractivity contribution < 1.29 is 4.79 Å². The first-order chi connectivity index (χ1) is 10.2. The van der Waals surface area contributed by atoms with Crippen LogP contribution < -0.4 is 10.2 Å². The van der Waals surface area contributed by atoms with Crippen molar-refractivity contribution in [2.45, 2.75) is 25.4 Å². The zero-order valence-corrected chi connectivity index (χ0v) is 12.2. The molecule has 8 nitrogen and oxygen atoms in total. The lowest BCUT2D eigenvalue weighted by molar-refractivity contribution is -0.123. The number of rotatable bonds is 4. The zero-order valence-electron chi connectivity index (χ0n) is 12.2. The van der Waals surface area contributed by atoms with E-state index in [2.05, 4.69) is 20.7 Å². The second kappa shape index (κ2) is 5.65. The minimum absolute atomic E-state index is 0.0511. The van der Waals surface area contributed by atoms with Crippen LogP contribution in [0.15, 0.2) is 18.6 Å². The molecular formula is C13H19N7O. The van der Waals surface area contributed by atoms with Gasteiger partial charge in [-0.15, -0.1) is 5.10 Å². The number of aryl methyl sites for hydroxylation is 1. The minimum atomic E-state index is -0.280. The van der Waals surface area contributed by atoms with E-state index in [9.17, 15) is 4.79 Å². The molecule has 1 fully saturated rings. The van der Waals surface area contributed by atoms with Gasteiger partial charge < -0.3 is 10.2 Å². The van der Waals surface area contributed by atoms with Crippen LogP contribution in [0.2, 0.25) is 0 Å². The highest BCUT2D eigenvalue weighted by Gasteiger charge is 2.32. The standard InChI is InChI=1S/C13H19N7O/c1-14-6-10-8-20(17-16-10)12-4-3-5-19(13(12)21)11-7-15-18(2)9-11/h7-9,12,14H,3-6H2,1-2H3. The Kier molecular flexibility index (Phi) is 3.70. The fourth-order valence-corrected chi connectivity index (χ4v) is 2.63. The summed E-state index contributed by atoms with van der Waals surface area (Å²) < 4.78 is 3.38. The van der Waals surface area contributed by atoms with E-state index in [1.165, 1.54) is 0 Å². The smallest absolute Gasteiger partial charge is 0.251 e. The minimum Gasteiger partial charge on any atom is -0.314 e. The number of amides is 1. The van der Waals surface area contributed by atoms with Crippen molar-refractivity contribution in [3.63, 3.8) is 0 Å². The molecule has 112 valence electrons. The van der Waals surface area contributed by atoms with E-state index in [0.29, 0.717) is 6.54 Å². The van der Waals surface area contributed by atoms with Gasteiger partial charge in [0.25, 0.3) is 5.91 Å². The molecule has 3 rings (SSSR count). The summed E-state index contributed by atoms with van der Waals surface area (Å²) in [5, 5.41) is 15.3. The van der Waals surface area contributed by atoms with E-state index in [1.807, 2.05) is 26.5 Å². The van der Waals surface area contributed by atoms with Gasteiger partial charge in [0, 0.05) is 26.3 Å². The molecule has 0 bridgehead atoms. The second-order valence-corrected chi connectivity index (χ2v) is 5.24. The van der Waals surface area contributed by atoms with Crippen LogP contribution in [-0.4, -0.2) is 44.3 Å². The summed E-state index contributed by atoms with van der Waals surface area (Å²) in [6.07, 6.45) is 7.14. The Morgan fingerprint density at radius 2 is 2.29 bits per heavy atom. The predicted molar refractivity (Wildman–Crippen MR) is 76.6 cm³/mol. The molecule has 1 aliphatic rings. The summed E-state index contributed by atoms with van der Waals surface area (Å²) in [6.45, 7) is 1.37. The highest BCUT2D eigenvalue weighted by Crippen LogP contribution is 2.26. The van der Waals surface area contributed by atoms with Gasteiger partial charge in [-0.25, -0.2) is 4.68 Å². The third-order valence-electron chi connectivity index (χ3n) is 3.65. The van der Waals surface area contributed by atoms with Crippen LogP contribution in [0.1, 0.15) is 24.6 Å². The molecule has 0 aromatic carbocycles. The average molecular weight is 289 g/mol. The monoisotopic (exact) mass is 289 g/mol. The molecule has 0 aliphatic carbocycles. The van der Waals surface area contributed by atoms with Crippen molar-refractivity contribution in [1.82, 2.24) is 30.1 Å². The molecule has 21 heavy (non-hydrogen) atoms. The molecule has 2 aromatic heterocycles. The maximum Gasteiger partial charge on any atom is 0.251 e. The molecule has 1 atom stereocenters. The normalized spacial score (nSPS) is 19.2. The summed E-state index contributed by atoms with van der Waals surface area (Å²) in [7, 11) is 3.70. The lowest BCUT2D eigenvalue weighted by Gasteiger charge is -2.31. The molecule has 8 heteroatoms. The lowest BCUT2D eigenvalue weighted by atomic mass is 10.0. The first-order valence-electron chi connectivity index (χ1n) is 7.04. The fraction of sp³-hybridized carbons (Fsp3) is 0.538. The van der Waals surface area contributed by atoms with Gasteiger partial charge in [-0.05, 0) is 19.9 Å². The zero-order chi connectivity index (χ0) is 14.8. The van der Waals surface area contributed by atoms with Crippen molar-refractivity contribution in [2.75, 3.05) is 18.5 Å². The van der Waals surface area contributed by atoms with Crippen molar-refractivity contribution in [2.24, 2.45) is 7.05 Å². The summed E-state index contributed by atoms with van der Waals surface area (Å²) in [5.41, 5.74) is 1.67. The molecule has 2 aromatic rings. The topological polar surface area (TPSA) is 80.9 Å². The van der Waals surface area contributed by atoms with Crippen LogP contribution in [0.3, 0.4) is 0 Å². The number of anilines is 1. The van der Waals surface area contributed by atoms with Crippen LogP contribution >= 0.6 is 0 Å². The van der Waals surface area contributed by atoms with Gasteiger partial charge in [0.05, 0.1) is 23.8 Å². The van der Waals surface area contributed by atoms with Crippen LogP contribution in [-0.2, 0) is 18.4 Å². The summed E-state index contributed by atoms with van der Waals surface area (Å²) in [6, 6.07) is -0.280. The predicted octanol–water partition coefficient (Wildman–Crippen LogP) is 0.0991. The first-order valence-corrected chi connectivity index (χ1v) is 7.04. The summed E-state index contributed by atoms with van der Waals surface area (Å²) in [5.74, 6) is 0.0511. The van der Waals surface area contributed by atoms with Crippen molar-refractivity contribution >= 4 is 11.6 Å². The Bertz CT molecular complexity index is 632. The Labute approximate surface area is 122 Å². The molecule has 1 unspecified atom stereocenters. The quantitative estimate of drug-likeness (QED) is 0.863.